The van der Waals surface area contributed by atoms with Gasteiger partial charge in [0.05, 0.1) is 11.6 Å². The van der Waals surface area contributed by atoms with E-state index in [0.29, 0.717) is 0 Å². The Bertz CT molecular complexity index is 1150. The average Bonchev–Trinajstić information content (AvgIpc) is 3.50. The number of hydrogen-bond acceptors (Lipinski definition) is 4. The van der Waals surface area contributed by atoms with Crippen molar-refractivity contribution < 1.29 is 0 Å². The molecule has 2 aromatic rings. The van der Waals surface area contributed by atoms with E-state index >= 15 is 0 Å². The maximum absolute atomic E-state index is 4.70. The van der Waals surface area contributed by atoms with E-state index in [4.69, 9.17) is 4.99 Å². The summed E-state index contributed by atoms with van der Waals surface area (Å²) >= 11 is 1.74. The van der Waals surface area contributed by atoms with Crippen LogP contribution in [0.4, 0.5) is 0 Å². The fourth-order valence-corrected chi connectivity index (χ4v) is 5.71. The van der Waals surface area contributed by atoms with Gasteiger partial charge >= 0.3 is 0 Å². The zero-order chi connectivity index (χ0) is 29.2. The number of nitrogens with zero attached hydrogens (tertiary/aromatic N) is 2. The van der Waals surface area contributed by atoms with Crippen LogP contribution >= 0.6 is 11.8 Å². The van der Waals surface area contributed by atoms with Gasteiger partial charge in [-0.15, -0.1) is 11.8 Å². The van der Waals surface area contributed by atoms with Crippen molar-refractivity contribution in [1.29, 1.82) is 0 Å². The molecule has 1 N–H and O–H groups in total. The summed E-state index contributed by atoms with van der Waals surface area (Å²) in [6.07, 6.45) is 18.5. The summed E-state index contributed by atoms with van der Waals surface area (Å²) in [5.41, 5.74) is 4.00. The SMILES string of the molecule is C=C1/C=C\C=C/CN=C(SC)/C(CCN2CCCC2)=C\1.CC.CCNC(C)(CC)Cc1ccc2ccccc2c1. The number of rotatable bonds is 8. The van der Waals surface area contributed by atoms with Crippen LogP contribution in [0, 0.1) is 0 Å². The lowest BCUT2D eigenvalue weighted by Gasteiger charge is -2.29. The van der Waals surface area contributed by atoms with Crippen LogP contribution in [0.1, 0.15) is 65.9 Å². The van der Waals surface area contributed by atoms with Gasteiger partial charge < -0.3 is 10.2 Å². The second-order valence-corrected chi connectivity index (χ2v) is 11.3. The fraction of sp³-hybridized carbons (Fsp3) is 0.472. The Hall–Kier alpha value is -2.40. The standard InChI is InChI=1S/C17H24N2S.C17H23N.C2H6/c1-15-8-4-3-5-10-18-17(20-2)16(14-15)9-13-19-11-6-7-12-19;1-4-17(3,18-5-2)13-14-10-11-15-8-6-7-9-16(15)12-14;1-2/h3-5,8,14H,1,6-7,9-13H2,2H3;6-12,18H,4-5,13H2,1-3H3;1-2H3/b5-3-,8-4-,16-14-,18-17?;;. The lowest BCUT2D eigenvalue weighted by atomic mass is 9.89. The van der Waals surface area contributed by atoms with Crippen molar-refractivity contribution in [1.82, 2.24) is 10.2 Å². The predicted molar refractivity (Wildman–Crippen MR) is 183 cm³/mol. The number of nitrogens with one attached hydrogen (secondary N) is 1. The van der Waals surface area contributed by atoms with Gasteiger partial charge in [-0.25, -0.2) is 0 Å². The van der Waals surface area contributed by atoms with Gasteiger partial charge in [0.2, 0.25) is 0 Å². The highest BCUT2D eigenvalue weighted by Crippen LogP contribution is 2.22. The van der Waals surface area contributed by atoms with E-state index < -0.39 is 0 Å². The molecule has 0 aliphatic carbocycles. The number of thioether (sulfide) groups is 1. The third-order valence-corrected chi connectivity index (χ3v) is 8.19. The van der Waals surface area contributed by atoms with Gasteiger partial charge in [0.15, 0.2) is 0 Å². The van der Waals surface area contributed by atoms with E-state index in [-0.39, 0.29) is 5.54 Å². The van der Waals surface area contributed by atoms with E-state index in [1.54, 1.807) is 11.8 Å². The van der Waals surface area contributed by atoms with E-state index in [1.165, 1.54) is 47.8 Å². The van der Waals surface area contributed by atoms with Crippen molar-refractivity contribution in [3.63, 3.8) is 0 Å². The monoisotopic (exact) mass is 559 g/mol. The number of fused-ring (bicyclic) bond motifs is 1. The molecule has 2 aliphatic rings. The highest BCUT2D eigenvalue weighted by atomic mass is 32.2. The summed E-state index contributed by atoms with van der Waals surface area (Å²) in [7, 11) is 0. The molecule has 4 rings (SSSR count). The highest BCUT2D eigenvalue weighted by Gasteiger charge is 2.20. The van der Waals surface area contributed by atoms with E-state index in [2.05, 4.69) is 105 Å². The molecule has 1 atom stereocenters. The van der Waals surface area contributed by atoms with E-state index in [0.717, 1.165) is 49.5 Å². The Balaban J connectivity index is 0.000000265. The van der Waals surface area contributed by atoms with Crippen molar-refractivity contribution in [2.24, 2.45) is 4.99 Å². The van der Waals surface area contributed by atoms with Gasteiger partial charge in [0.25, 0.3) is 0 Å². The number of likely N-dealkylation sites (N-methyl/N-ethyl adjacent to an activating group) is 1. The van der Waals surface area contributed by atoms with Crippen LogP contribution in [0.3, 0.4) is 0 Å². The molecule has 1 unspecified atom stereocenters. The van der Waals surface area contributed by atoms with Crippen LogP contribution in [0.5, 0.6) is 0 Å². The van der Waals surface area contributed by atoms with Crippen molar-refractivity contribution in [2.75, 3.05) is 39.0 Å². The van der Waals surface area contributed by atoms with Gasteiger partial charge in [-0.05, 0) is 98.5 Å². The first-order valence-corrected chi connectivity index (χ1v) is 16.5. The third kappa shape index (κ3) is 11.6. The first kappa shape index (κ1) is 33.8. The molecule has 1 saturated heterocycles. The largest absolute Gasteiger partial charge is 0.311 e. The summed E-state index contributed by atoms with van der Waals surface area (Å²) in [6.45, 7) is 20.3. The van der Waals surface area contributed by atoms with E-state index in [1.807, 2.05) is 26.0 Å². The van der Waals surface area contributed by atoms with Gasteiger partial charge in [-0.3, -0.25) is 4.99 Å². The molecule has 2 heterocycles. The summed E-state index contributed by atoms with van der Waals surface area (Å²) < 4.78 is 0. The molecule has 0 spiro atoms. The summed E-state index contributed by atoms with van der Waals surface area (Å²) in [4.78, 5) is 7.25. The van der Waals surface area contributed by atoms with Gasteiger partial charge in [0.1, 0.15) is 0 Å². The highest BCUT2D eigenvalue weighted by molar-refractivity contribution is 8.13. The summed E-state index contributed by atoms with van der Waals surface area (Å²) in [6, 6.07) is 15.4. The molecular weight excluding hydrogens is 506 g/mol. The minimum absolute atomic E-state index is 0.206. The molecule has 4 heteroatoms. The number of hydrogen-bond donors (Lipinski definition) is 1. The molecule has 2 aliphatic heterocycles. The van der Waals surface area contributed by atoms with Crippen LogP contribution in [0.25, 0.3) is 10.8 Å². The molecule has 0 bridgehead atoms. The normalized spacial score (nSPS) is 20.1. The average molecular weight is 560 g/mol. The number of likely N-dealkylation sites (tertiary alicyclic amines) is 1. The maximum Gasteiger partial charge on any atom is 0.0938 e. The van der Waals surface area contributed by atoms with Crippen LogP contribution in [0.2, 0.25) is 0 Å². The second kappa shape index (κ2) is 18.9. The molecular formula is C36H53N3S. The zero-order valence-electron chi connectivity index (χ0n) is 26.0. The molecule has 2 aromatic carbocycles. The quantitative estimate of drug-likeness (QED) is 0.350. The molecule has 1 fully saturated rings. The molecule has 3 nitrogen and oxygen atoms in total. The van der Waals surface area contributed by atoms with Gasteiger partial charge in [0, 0.05) is 12.1 Å². The third-order valence-electron chi connectivity index (χ3n) is 7.41. The minimum atomic E-state index is 0.206. The van der Waals surface area contributed by atoms with Crippen LogP contribution < -0.4 is 5.32 Å². The Morgan fingerprint density at radius 2 is 1.75 bits per heavy atom. The van der Waals surface area contributed by atoms with Crippen molar-refractivity contribution in [2.45, 2.75) is 72.3 Å². The number of benzene rings is 2. The Morgan fingerprint density at radius 3 is 2.42 bits per heavy atom. The maximum atomic E-state index is 4.70. The second-order valence-electron chi connectivity index (χ2n) is 10.5. The Morgan fingerprint density at radius 1 is 1.02 bits per heavy atom. The van der Waals surface area contributed by atoms with Crippen LogP contribution in [-0.2, 0) is 6.42 Å². The molecule has 218 valence electrons. The molecule has 40 heavy (non-hydrogen) atoms. The van der Waals surface area contributed by atoms with Crippen molar-refractivity contribution in [3.05, 3.63) is 96.1 Å². The fourth-order valence-electron chi connectivity index (χ4n) is 5.09. The zero-order valence-corrected chi connectivity index (χ0v) is 26.8. The van der Waals surface area contributed by atoms with Crippen molar-refractivity contribution >= 4 is 27.6 Å². The molecule has 0 saturated carbocycles. The van der Waals surface area contributed by atoms with E-state index in [9.17, 15) is 0 Å². The molecule has 0 amide bonds. The first-order valence-electron chi connectivity index (χ1n) is 15.2. The molecule has 0 aromatic heterocycles. The lowest BCUT2D eigenvalue weighted by Crippen LogP contribution is -2.43. The summed E-state index contributed by atoms with van der Waals surface area (Å²) in [5, 5.41) is 7.42. The van der Waals surface area contributed by atoms with Gasteiger partial charge in [-0.1, -0.05) is 101 Å². The Labute approximate surface area is 249 Å². The van der Waals surface area contributed by atoms with Gasteiger partial charge in [-0.2, -0.15) is 0 Å². The van der Waals surface area contributed by atoms with Crippen LogP contribution in [-0.4, -0.2) is 54.5 Å². The van der Waals surface area contributed by atoms with Crippen molar-refractivity contribution in [3.8, 4) is 0 Å². The predicted octanol–water partition coefficient (Wildman–Crippen LogP) is 9.03. The lowest BCUT2D eigenvalue weighted by molar-refractivity contribution is 0.345. The first-order chi connectivity index (χ1) is 19.5. The topological polar surface area (TPSA) is 27.6 Å². The molecule has 0 radical (unpaired) electrons. The summed E-state index contributed by atoms with van der Waals surface area (Å²) in [5.74, 6) is 0. The minimum Gasteiger partial charge on any atom is -0.311 e. The number of aliphatic imine (C=N–C) groups is 1. The smallest absolute Gasteiger partial charge is 0.0938 e. The Kier molecular flexibility index (Phi) is 15.9. The number of allylic oxidation sites excluding steroid dienone is 5. The van der Waals surface area contributed by atoms with Crippen LogP contribution in [0.15, 0.2) is 95.6 Å².